The fourth-order valence-electron chi connectivity index (χ4n) is 3.66. The number of halogens is 1. The van der Waals surface area contributed by atoms with Crippen LogP contribution < -0.4 is 19.1 Å². The predicted molar refractivity (Wildman–Crippen MR) is 135 cm³/mol. The highest BCUT2D eigenvalue weighted by Gasteiger charge is 2.33. The van der Waals surface area contributed by atoms with Gasteiger partial charge in [0.05, 0.1) is 31.5 Å². The normalized spacial score (nSPS) is 12.8. The number of fused-ring (bicyclic) bond motifs is 1. The van der Waals surface area contributed by atoms with Crippen LogP contribution in [0.2, 0.25) is 5.02 Å². The van der Waals surface area contributed by atoms with E-state index >= 15 is 0 Å². The van der Waals surface area contributed by atoms with Crippen LogP contribution in [0.4, 0.5) is 11.4 Å². The predicted octanol–water partition coefficient (Wildman–Crippen LogP) is 4.37. The van der Waals surface area contributed by atoms with E-state index in [0.717, 1.165) is 0 Å². The largest absolute Gasteiger partial charge is 0.495 e. The van der Waals surface area contributed by atoms with Gasteiger partial charge in [0.2, 0.25) is 0 Å². The lowest BCUT2D eigenvalue weighted by Gasteiger charge is -2.31. The Labute approximate surface area is 213 Å². The number of nitrogens with zero attached hydrogens (tertiary/aromatic N) is 1. The first-order valence-corrected chi connectivity index (χ1v) is 12.8. The number of hydrogen-bond acceptors (Lipinski definition) is 7. The van der Waals surface area contributed by atoms with E-state index in [0.29, 0.717) is 17.0 Å². The van der Waals surface area contributed by atoms with Crippen LogP contribution in [0, 0.1) is 0 Å². The zero-order valence-electron chi connectivity index (χ0n) is 19.5. The number of anilines is 2. The van der Waals surface area contributed by atoms with Crippen molar-refractivity contribution in [2.75, 3.05) is 36.5 Å². The Morgan fingerprint density at radius 2 is 1.78 bits per heavy atom. The highest BCUT2D eigenvalue weighted by atomic mass is 35.5. The van der Waals surface area contributed by atoms with Gasteiger partial charge < -0.3 is 19.5 Å². The van der Waals surface area contributed by atoms with E-state index in [1.807, 2.05) is 0 Å². The lowest BCUT2D eigenvalue weighted by molar-refractivity contribution is 0.0526. The Bertz CT molecular complexity index is 1410. The number of amides is 1. The van der Waals surface area contributed by atoms with Crippen molar-refractivity contribution in [2.45, 2.75) is 11.8 Å². The van der Waals surface area contributed by atoms with Gasteiger partial charge in [0, 0.05) is 16.3 Å². The molecule has 0 aliphatic carbocycles. The molecule has 188 valence electrons. The molecule has 1 heterocycles. The minimum Gasteiger partial charge on any atom is -0.495 e. The molecule has 4 rings (SSSR count). The summed E-state index contributed by atoms with van der Waals surface area (Å²) in [6, 6.07) is 15.1. The van der Waals surface area contributed by atoms with Crippen LogP contribution in [0.3, 0.4) is 0 Å². The van der Waals surface area contributed by atoms with Crippen molar-refractivity contribution in [3.8, 4) is 11.5 Å². The van der Waals surface area contributed by atoms with Gasteiger partial charge in [-0.3, -0.25) is 9.10 Å². The smallest absolute Gasteiger partial charge is 0.338 e. The van der Waals surface area contributed by atoms with Crippen LogP contribution in [0.5, 0.6) is 11.5 Å². The van der Waals surface area contributed by atoms with E-state index in [1.165, 1.54) is 41.7 Å². The van der Waals surface area contributed by atoms with Crippen molar-refractivity contribution in [1.29, 1.82) is 0 Å². The summed E-state index contributed by atoms with van der Waals surface area (Å²) in [6.07, 6.45) is 0. The van der Waals surface area contributed by atoms with Gasteiger partial charge >= 0.3 is 5.97 Å². The molecule has 1 aliphatic rings. The Morgan fingerprint density at radius 3 is 2.47 bits per heavy atom. The summed E-state index contributed by atoms with van der Waals surface area (Å²) in [6.45, 7) is 2.14. The molecular formula is C25H23ClN2O7S. The molecule has 0 unspecified atom stereocenters. The number of sulfonamides is 1. The van der Waals surface area contributed by atoms with Crippen LogP contribution in [-0.4, -0.2) is 47.2 Å². The molecule has 9 nitrogen and oxygen atoms in total. The van der Waals surface area contributed by atoms with E-state index in [9.17, 15) is 18.0 Å². The van der Waals surface area contributed by atoms with Crippen molar-refractivity contribution >= 4 is 44.9 Å². The molecule has 11 heteroatoms. The molecule has 3 aromatic carbocycles. The summed E-state index contributed by atoms with van der Waals surface area (Å²) in [7, 11) is -2.72. The number of methoxy groups -OCH3 is 1. The topological polar surface area (TPSA) is 111 Å². The number of hydrogen-bond donors (Lipinski definition) is 1. The Morgan fingerprint density at radius 1 is 1.06 bits per heavy atom. The van der Waals surface area contributed by atoms with E-state index in [1.54, 1.807) is 37.3 Å². The molecule has 0 fully saturated rings. The maximum Gasteiger partial charge on any atom is 0.338 e. The molecule has 3 aromatic rings. The first-order valence-electron chi connectivity index (χ1n) is 11.0. The van der Waals surface area contributed by atoms with Crippen LogP contribution in [0.25, 0.3) is 0 Å². The van der Waals surface area contributed by atoms with Crippen molar-refractivity contribution in [3.05, 3.63) is 76.8 Å². The average molecular weight is 531 g/mol. The second-order valence-electron chi connectivity index (χ2n) is 7.66. The first-order chi connectivity index (χ1) is 17.2. The zero-order valence-corrected chi connectivity index (χ0v) is 21.1. The highest BCUT2D eigenvalue weighted by molar-refractivity contribution is 7.93. The number of benzene rings is 3. The van der Waals surface area contributed by atoms with Gasteiger partial charge in [-0.1, -0.05) is 11.6 Å². The van der Waals surface area contributed by atoms with Gasteiger partial charge in [-0.25, -0.2) is 13.2 Å². The number of rotatable bonds is 7. The van der Waals surface area contributed by atoms with Crippen LogP contribution in [-0.2, 0) is 14.8 Å². The quantitative estimate of drug-likeness (QED) is 0.451. The first kappa shape index (κ1) is 25.3. The summed E-state index contributed by atoms with van der Waals surface area (Å²) in [5.74, 6) is -0.457. The maximum absolute atomic E-state index is 13.6. The maximum atomic E-state index is 13.6. The summed E-state index contributed by atoms with van der Waals surface area (Å²) >= 11 is 6.06. The molecule has 36 heavy (non-hydrogen) atoms. The Balaban J connectivity index is 1.62. The molecular weight excluding hydrogens is 508 g/mol. The Kier molecular flexibility index (Phi) is 7.37. The number of carbonyl (C=O) groups excluding carboxylic acids is 2. The van der Waals surface area contributed by atoms with Crippen molar-refractivity contribution in [1.82, 2.24) is 0 Å². The third-order valence-electron chi connectivity index (χ3n) is 5.39. The summed E-state index contributed by atoms with van der Waals surface area (Å²) in [5.41, 5.74) is 1.24. The minimum absolute atomic E-state index is 0.0331. The van der Waals surface area contributed by atoms with Gasteiger partial charge in [0.25, 0.3) is 15.9 Å². The third kappa shape index (κ3) is 5.09. The van der Waals surface area contributed by atoms with Gasteiger partial charge in [0.1, 0.15) is 23.0 Å². The third-order valence-corrected chi connectivity index (χ3v) is 7.46. The van der Waals surface area contributed by atoms with Crippen LogP contribution in [0.15, 0.2) is 65.6 Å². The second kappa shape index (κ2) is 10.5. The van der Waals surface area contributed by atoms with Crippen molar-refractivity contribution < 1.29 is 32.2 Å². The molecule has 0 saturated carbocycles. The van der Waals surface area contributed by atoms with E-state index in [-0.39, 0.29) is 46.7 Å². The number of carbonyl (C=O) groups is 2. The van der Waals surface area contributed by atoms with Crippen LogP contribution >= 0.6 is 11.6 Å². The summed E-state index contributed by atoms with van der Waals surface area (Å²) in [5, 5.41) is 2.98. The van der Waals surface area contributed by atoms with E-state index < -0.39 is 21.9 Å². The van der Waals surface area contributed by atoms with Gasteiger partial charge in [-0.05, 0) is 67.6 Å². The van der Waals surface area contributed by atoms with Gasteiger partial charge in [-0.15, -0.1) is 0 Å². The Hall–Kier alpha value is -3.76. The van der Waals surface area contributed by atoms with Gasteiger partial charge in [-0.2, -0.15) is 0 Å². The van der Waals surface area contributed by atoms with E-state index in [4.69, 9.17) is 25.8 Å². The molecule has 0 spiro atoms. The van der Waals surface area contributed by atoms with Crippen LogP contribution in [0.1, 0.15) is 27.6 Å². The fraction of sp³-hybridized carbons (Fsp3) is 0.200. The number of ether oxygens (including phenoxy) is 3. The molecule has 1 aliphatic heterocycles. The van der Waals surface area contributed by atoms with Crippen molar-refractivity contribution in [2.24, 2.45) is 0 Å². The van der Waals surface area contributed by atoms with E-state index in [2.05, 4.69) is 5.32 Å². The monoisotopic (exact) mass is 530 g/mol. The standard InChI is InChI=1S/C25H23ClN2O7S/c1-3-34-25(30)16-4-8-19(9-5-16)27-24(29)17-6-10-21-20(14-17)28(12-13-35-21)36(31,32)23-15-18(26)7-11-22(23)33-2/h4-11,14-15H,3,12-13H2,1-2H3,(H,27,29). The lowest BCUT2D eigenvalue weighted by Crippen LogP contribution is -2.38. The molecule has 1 amide bonds. The molecule has 0 saturated heterocycles. The summed E-state index contributed by atoms with van der Waals surface area (Å²) < 4.78 is 44.2. The lowest BCUT2D eigenvalue weighted by atomic mass is 10.1. The fourth-order valence-corrected chi connectivity index (χ4v) is 5.53. The highest BCUT2D eigenvalue weighted by Crippen LogP contribution is 2.38. The molecule has 0 atom stereocenters. The number of nitrogens with one attached hydrogen (secondary N) is 1. The summed E-state index contributed by atoms with van der Waals surface area (Å²) in [4.78, 5) is 24.7. The van der Waals surface area contributed by atoms with Gasteiger partial charge in [0.15, 0.2) is 0 Å². The zero-order chi connectivity index (χ0) is 25.9. The molecule has 1 N–H and O–H groups in total. The molecule has 0 aromatic heterocycles. The average Bonchev–Trinajstić information content (AvgIpc) is 2.88. The minimum atomic E-state index is -4.09. The number of esters is 1. The molecule has 0 bridgehead atoms. The second-order valence-corrected chi connectivity index (χ2v) is 9.92. The van der Waals surface area contributed by atoms with Crippen molar-refractivity contribution in [3.63, 3.8) is 0 Å². The molecule has 0 radical (unpaired) electrons. The SMILES string of the molecule is CCOC(=O)c1ccc(NC(=O)c2ccc3c(c2)N(S(=O)(=O)c2cc(Cl)ccc2OC)CCO3)cc1.